The number of aromatic nitrogens is 8. The van der Waals surface area contributed by atoms with Crippen molar-refractivity contribution >= 4 is 63.1 Å². The molecule has 2 aromatic carbocycles. The van der Waals surface area contributed by atoms with E-state index in [2.05, 4.69) is 56.2 Å². The molecule has 4 N–H and O–H groups in total. The van der Waals surface area contributed by atoms with E-state index in [1.807, 2.05) is 42.3 Å². The number of aromatic amines is 1. The molecule has 1 saturated heterocycles. The number of rotatable bonds is 15. The van der Waals surface area contributed by atoms with Crippen molar-refractivity contribution in [2.24, 2.45) is 0 Å². The maximum absolute atomic E-state index is 13.8. The van der Waals surface area contributed by atoms with E-state index in [9.17, 15) is 24.0 Å². The van der Waals surface area contributed by atoms with Gasteiger partial charge in [0, 0.05) is 67.1 Å². The Morgan fingerprint density at radius 1 is 0.954 bits per heavy atom. The highest BCUT2D eigenvalue weighted by molar-refractivity contribution is 6.24. The molecule has 18 nitrogen and oxygen atoms in total. The molecule has 0 spiro atoms. The molecular weight excluding hydrogens is 829 g/mol. The van der Waals surface area contributed by atoms with E-state index >= 15 is 0 Å². The van der Waals surface area contributed by atoms with Crippen molar-refractivity contribution in [3.8, 4) is 11.1 Å². The third-order valence-corrected chi connectivity index (χ3v) is 12.7. The van der Waals surface area contributed by atoms with E-state index in [0.717, 1.165) is 97.8 Å². The molecule has 5 aromatic heterocycles. The quantitative estimate of drug-likeness (QED) is 0.0675. The number of piperidine rings is 1. The van der Waals surface area contributed by atoms with Crippen LogP contribution in [-0.2, 0) is 35.5 Å². The minimum absolute atomic E-state index is 0.0172. The van der Waals surface area contributed by atoms with Gasteiger partial charge in [0.2, 0.25) is 17.6 Å². The van der Waals surface area contributed by atoms with Gasteiger partial charge in [0.25, 0.3) is 17.7 Å². The first-order valence-electron chi connectivity index (χ1n) is 22.2. The van der Waals surface area contributed by atoms with E-state index in [0.29, 0.717) is 55.4 Å². The minimum atomic E-state index is -1.00. The molecular formula is C47H48N12O6. The first-order chi connectivity index (χ1) is 31.4. The maximum atomic E-state index is 13.8. The van der Waals surface area contributed by atoms with Crippen molar-refractivity contribution in [3.63, 3.8) is 0 Å². The van der Waals surface area contributed by atoms with Crippen LogP contribution in [0.25, 0.3) is 33.1 Å². The summed E-state index contributed by atoms with van der Waals surface area (Å²) in [6, 6.07) is 10.5. The molecule has 10 rings (SSSR count). The number of anilines is 2. The van der Waals surface area contributed by atoms with Crippen molar-refractivity contribution in [2.45, 2.75) is 104 Å². The number of imide groups is 2. The number of aryl methyl sites for hydroxylation is 6. The van der Waals surface area contributed by atoms with E-state index in [4.69, 9.17) is 19.6 Å². The van der Waals surface area contributed by atoms with E-state index in [-0.39, 0.29) is 24.2 Å². The van der Waals surface area contributed by atoms with Crippen molar-refractivity contribution < 1.29 is 28.5 Å². The van der Waals surface area contributed by atoms with Gasteiger partial charge in [-0.15, -0.1) is 0 Å². The number of benzene rings is 2. The maximum Gasteiger partial charge on any atom is 0.289 e. The predicted octanol–water partition coefficient (Wildman–Crippen LogP) is 6.12. The number of unbranched alkanes of at least 4 members (excludes halogenated alkanes) is 1. The van der Waals surface area contributed by atoms with Gasteiger partial charge < -0.3 is 24.7 Å². The molecule has 5 amide bonds. The van der Waals surface area contributed by atoms with Crippen LogP contribution in [-0.4, -0.2) is 86.5 Å². The highest BCUT2D eigenvalue weighted by atomic mass is 16.5. The molecule has 1 saturated carbocycles. The standard InChI is InChI=1S/C47H48N12O6/c1-5-58-36(21-33(55-58)27-12-13-27)51-42-40-32-19-24(2)31(38-25(3)56-65-26(38)4)20-34(32)50-41(40)53-43(54-42)45(62)48-17-16-29-22-57(23-49-29)18-7-6-9-28-10-8-11-30-39(28)47(64)59(46(30)63)35-14-15-37(60)52-44(35)61/h8,10-11,19-23,27,35H,5-7,9,12-18H2,1-4H3,(H,48,62)(H,52,60,61)(H2,50,51,53,54). The van der Waals surface area contributed by atoms with Crippen LogP contribution in [0.1, 0.15) is 117 Å². The van der Waals surface area contributed by atoms with Gasteiger partial charge in [0.05, 0.1) is 39.9 Å². The van der Waals surface area contributed by atoms with Gasteiger partial charge in [-0.1, -0.05) is 17.3 Å². The van der Waals surface area contributed by atoms with Crippen LogP contribution in [0.4, 0.5) is 11.6 Å². The molecule has 2 fully saturated rings. The van der Waals surface area contributed by atoms with Gasteiger partial charge in [-0.3, -0.25) is 34.2 Å². The average molecular weight is 877 g/mol. The molecule has 1 atom stereocenters. The molecule has 18 heteroatoms. The van der Waals surface area contributed by atoms with Gasteiger partial charge in [-0.25, -0.2) is 19.6 Å². The van der Waals surface area contributed by atoms with Gasteiger partial charge in [0.1, 0.15) is 29.1 Å². The summed E-state index contributed by atoms with van der Waals surface area (Å²) in [5.74, 6) is 0.0470. The van der Waals surface area contributed by atoms with Crippen molar-refractivity contribution in [3.05, 3.63) is 99.8 Å². The molecule has 7 aromatic rings. The SMILES string of the molecule is CCn1nc(C2CC2)cc1Nc1nc(C(=O)NCCc2cn(CCCCc3cccc4c3C(=O)N(C3CCC(=O)NC3=O)C4=O)cn2)nc2[nH]c3cc(-c4c(C)noc4C)c(C)cc3c12. The first-order valence-corrected chi connectivity index (χ1v) is 22.2. The number of hydrogen-bond acceptors (Lipinski definition) is 12. The van der Waals surface area contributed by atoms with Crippen LogP contribution in [0.2, 0.25) is 0 Å². The lowest BCUT2D eigenvalue weighted by atomic mass is 9.97. The van der Waals surface area contributed by atoms with E-state index < -0.39 is 35.6 Å². The van der Waals surface area contributed by atoms with Crippen molar-refractivity contribution in [1.29, 1.82) is 0 Å². The second-order valence-corrected chi connectivity index (χ2v) is 17.2. The summed E-state index contributed by atoms with van der Waals surface area (Å²) in [5.41, 5.74) is 8.36. The Morgan fingerprint density at radius 2 is 1.80 bits per heavy atom. The lowest BCUT2D eigenvalue weighted by molar-refractivity contribution is -0.136. The fourth-order valence-corrected chi connectivity index (χ4v) is 9.20. The van der Waals surface area contributed by atoms with E-state index in [1.165, 1.54) is 0 Å². The number of H-pyrrole nitrogens is 1. The molecule has 1 unspecified atom stereocenters. The number of carbonyl (C=O) groups excluding carboxylic acids is 5. The zero-order valence-corrected chi connectivity index (χ0v) is 36.6. The summed E-state index contributed by atoms with van der Waals surface area (Å²) in [6.07, 6.45) is 8.71. The molecule has 3 aliphatic rings. The lowest BCUT2D eigenvalue weighted by Crippen LogP contribution is -2.54. The Labute approximate surface area is 372 Å². The summed E-state index contributed by atoms with van der Waals surface area (Å²) in [5, 5.41) is 19.5. The molecule has 65 heavy (non-hydrogen) atoms. The van der Waals surface area contributed by atoms with Crippen LogP contribution in [0.15, 0.2) is 53.4 Å². The lowest BCUT2D eigenvalue weighted by Gasteiger charge is -2.27. The van der Waals surface area contributed by atoms with Crippen LogP contribution in [0.5, 0.6) is 0 Å². The highest BCUT2D eigenvalue weighted by Gasteiger charge is 2.45. The molecule has 1 aliphatic carbocycles. The third-order valence-electron chi connectivity index (χ3n) is 12.7. The van der Waals surface area contributed by atoms with Gasteiger partial charge in [-0.05, 0) is 101 Å². The first kappa shape index (κ1) is 41.5. The number of hydrogen-bond donors (Lipinski definition) is 4. The third kappa shape index (κ3) is 7.71. The zero-order valence-electron chi connectivity index (χ0n) is 36.6. The molecule has 0 radical (unpaired) electrons. The van der Waals surface area contributed by atoms with Gasteiger partial charge in [0.15, 0.2) is 0 Å². The number of imidazole rings is 1. The molecule has 2 aliphatic heterocycles. The van der Waals surface area contributed by atoms with Crippen molar-refractivity contribution in [2.75, 3.05) is 11.9 Å². The fraction of sp³-hybridized carbons (Fsp3) is 0.362. The molecule has 7 heterocycles. The zero-order chi connectivity index (χ0) is 45.1. The minimum Gasteiger partial charge on any atom is -0.361 e. The number of nitrogens with one attached hydrogen (secondary N) is 4. The number of carbonyl (C=O) groups is 5. The number of amides is 5. The Bertz CT molecular complexity index is 3080. The fourth-order valence-electron chi connectivity index (χ4n) is 9.20. The Balaban J connectivity index is 0.804. The number of fused-ring (bicyclic) bond motifs is 4. The summed E-state index contributed by atoms with van der Waals surface area (Å²) >= 11 is 0. The monoisotopic (exact) mass is 876 g/mol. The van der Waals surface area contributed by atoms with Crippen LogP contribution in [0.3, 0.4) is 0 Å². The Kier molecular flexibility index (Phi) is 10.6. The molecule has 0 bridgehead atoms. The average Bonchev–Trinajstić information content (AvgIpc) is 3.49. The summed E-state index contributed by atoms with van der Waals surface area (Å²) in [7, 11) is 0. The summed E-state index contributed by atoms with van der Waals surface area (Å²) < 4.78 is 9.42. The second kappa shape index (κ2) is 16.6. The van der Waals surface area contributed by atoms with Crippen LogP contribution >= 0.6 is 0 Å². The predicted molar refractivity (Wildman–Crippen MR) is 239 cm³/mol. The van der Waals surface area contributed by atoms with Crippen LogP contribution in [0, 0.1) is 20.8 Å². The Hall–Kier alpha value is -7.50. The second-order valence-electron chi connectivity index (χ2n) is 17.2. The normalized spacial score (nSPS) is 16.2. The topological polar surface area (TPSA) is 228 Å². The van der Waals surface area contributed by atoms with E-state index in [1.54, 1.807) is 18.5 Å². The summed E-state index contributed by atoms with van der Waals surface area (Å²) in [6.45, 7) is 9.58. The van der Waals surface area contributed by atoms with Crippen LogP contribution < -0.4 is 16.0 Å². The largest absolute Gasteiger partial charge is 0.361 e. The Morgan fingerprint density at radius 3 is 2.57 bits per heavy atom. The number of nitrogens with zero attached hydrogens (tertiary/aromatic N) is 8. The van der Waals surface area contributed by atoms with Crippen molar-refractivity contribution in [1.82, 2.24) is 55.0 Å². The van der Waals surface area contributed by atoms with Gasteiger partial charge >= 0.3 is 0 Å². The summed E-state index contributed by atoms with van der Waals surface area (Å²) in [4.78, 5) is 83.3. The molecule has 332 valence electrons. The van der Waals surface area contributed by atoms with Gasteiger partial charge in [-0.2, -0.15) is 5.10 Å². The smallest absolute Gasteiger partial charge is 0.289 e. The highest BCUT2D eigenvalue weighted by Crippen LogP contribution is 2.41.